The first kappa shape index (κ1) is 21.3. The highest BCUT2D eigenvalue weighted by atomic mass is 32.2. The highest BCUT2D eigenvalue weighted by molar-refractivity contribution is 8.00. The molecule has 0 spiro atoms. The predicted molar refractivity (Wildman–Crippen MR) is 124 cm³/mol. The van der Waals surface area contributed by atoms with E-state index in [4.69, 9.17) is 14.5 Å². The molecule has 7 heteroatoms. The monoisotopic (exact) mass is 437 g/mol. The number of methoxy groups -OCH3 is 2. The SMILES string of the molecule is COc1ccc(-c2nc(SCC(=O)NC3CCCC3)c(-c3ccc(OC)cc3)[nH]2)cc1. The molecular formula is C24H27N3O3S. The predicted octanol–water partition coefficient (Wildman–Crippen LogP) is 4.91. The van der Waals surface area contributed by atoms with Crippen molar-refractivity contribution in [2.45, 2.75) is 36.8 Å². The third-order valence-electron chi connectivity index (χ3n) is 5.47. The molecule has 1 aromatic heterocycles. The Balaban J connectivity index is 1.57. The van der Waals surface area contributed by atoms with Gasteiger partial charge in [0.25, 0.3) is 0 Å². The van der Waals surface area contributed by atoms with Gasteiger partial charge in [0.2, 0.25) is 5.91 Å². The number of imidazole rings is 1. The lowest BCUT2D eigenvalue weighted by Crippen LogP contribution is -2.33. The quantitative estimate of drug-likeness (QED) is 0.490. The summed E-state index contributed by atoms with van der Waals surface area (Å²) in [6.07, 6.45) is 4.56. The number of nitrogens with one attached hydrogen (secondary N) is 2. The Labute approximate surface area is 186 Å². The van der Waals surface area contributed by atoms with E-state index in [1.54, 1.807) is 14.2 Å². The molecule has 2 aromatic carbocycles. The van der Waals surface area contributed by atoms with Crippen LogP contribution in [-0.4, -0.2) is 41.9 Å². The summed E-state index contributed by atoms with van der Waals surface area (Å²) in [5.74, 6) is 2.75. The van der Waals surface area contributed by atoms with Crippen LogP contribution in [0.5, 0.6) is 11.5 Å². The molecule has 1 heterocycles. The number of benzene rings is 2. The molecule has 0 aliphatic heterocycles. The Morgan fingerprint density at radius 3 is 2.16 bits per heavy atom. The maximum atomic E-state index is 12.5. The zero-order valence-corrected chi connectivity index (χ0v) is 18.6. The molecule has 1 aliphatic rings. The molecule has 4 rings (SSSR count). The number of rotatable bonds is 8. The summed E-state index contributed by atoms with van der Waals surface area (Å²) in [6.45, 7) is 0. The molecule has 1 amide bonds. The van der Waals surface area contributed by atoms with Crippen molar-refractivity contribution in [2.24, 2.45) is 0 Å². The molecule has 1 fully saturated rings. The highest BCUT2D eigenvalue weighted by Crippen LogP contribution is 2.33. The molecule has 1 saturated carbocycles. The number of thioether (sulfide) groups is 1. The molecule has 3 aromatic rings. The van der Waals surface area contributed by atoms with Gasteiger partial charge in [0.05, 0.1) is 25.7 Å². The largest absolute Gasteiger partial charge is 0.497 e. The lowest BCUT2D eigenvalue weighted by molar-refractivity contribution is -0.119. The fourth-order valence-electron chi connectivity index (χ4n) is 3.77. The molecule has 1 aliphatic carbocycles. The summed E-state index contributed by atoms with van der Waals surface area (Å²) in [6, 6.07) is 15.9. The summed E-state index contributed by atoms with van der Waals surface area (Å²) in [5.41, 5.74) is 2.84. The molecule has 31 heavy (non-hydrogen) atoms. The second-order valence-corrected chi connectivity index (χ2v) is 8.52. The molecular weight excluding hydrogens is 410 g/mol. The van der Waals surface area contributed by atoms with Crippen molar-refractivity contribution in [1.82, 2.24) is 15.3 Å². The molecule has 0 bridgehead atoms. The summed E-state index contributed by atoms with van der Waals surface area (Å²) in [4.78, 5) is 20.7. The normalized spacial score (nSPS) is 13.9. The Morgan fingerprint density at radius 1 is 1.00 bits per heavy atom. The Kier molecular flexibility index (Phi) is 6.82. The molecule has 0 atom stereocenters. The van der Waals surface area contributed by atoms with Crippen molar-refractivity contribution in [3.05, 3.63) is 48.5 Å². The van der Waals surface area contributed by atoms with Gasteiger partial charge in [-0.2, -0.15) is 0 Å². The number of H-pyrrole nitrogens is 1. The van der Waals surface area contributed by atoms with E-state index in [9.17, 15) is 4.79 Å². The molecule has 2 N–H and O–H groups in total. The van der Waals surface area contributed by atoms with E-state index in [-0.39, 0.29) is 5.91 Å². The van der Waals surface area contributed by atoms with E-state index in [1.807, 2.05) is 48.5 Å². The van der Waals surface area contributed by atoms with Gasteiger partial charge in [0.15, 0.2) is 0 Å². The number of amides is 1. The number of ether oxygens (including phenoxy) is 2. The Hall–Kier alpha value is -2.93. The van der Waals surface area contributed by atoms with Crippen molar-refractivity contribution in [1.29, 1.82) is 0 Å². The van der Waals surface area contributed by atoms with Crippen LogP contribution in [0.1, 0.15) is 25.7 Å². The minimum atomic E-state index is 0.0616. The molecule has 162 valence electrons. The van der Waals surface area contributed by atoms with Crippen molar-refractivity contribution < 1.29 is 14.3 Å². The summed E-state index contributed by atoms with van der Waals surface area (Å²) in [7, 11) is 3.30. The van der Waals surface area contributed by atoms with Gasteiger partial charge in [-0.05, 0) is 61.4 Å². The fourth-order valence-corrected chi connectivity index (χ4v) is 4.59. The van der Waals surface area contributed by atoms with Crippen LogP contribution in [0.2, 0.25) is 0 Å². The number of carbonyl (C=O) groups is 1. The van der Waals surface area contributed by atoms with Gasteiger partial charge in [-0.1, -0.05) is 24.6 Å². The van der Waals surface area contributed by atoms with Crippen molar-refractivity contribution >= 4 is 17.7 Å². The Bertz CT molecular complexity index is 1010. The third-order valence-corrected chi connectivity index (χ3v) is 6.45. The van der Waals surface area contributed by atoms with Crippen LogP contribution in [0.4, 0.5) is 0 Å². The molecule has 6 nitrogen and oxygen atoms in total. The van der Waals surface area contributed by atoms with Gasteiger partial charge < -0.3 is 19.8 Å². The van der Waals surface area contributed by atoms with E-state index in [0.717, 1.165) is 52.0 Å². The van der Waals surface area contributed by atoms with Crippen molar-refractivity contribution in [3.63, 3.8) is 0 Å². The summed E-state index contributed by atoms with van der Waals surface area (Å²) < 4.78 is 10.5. The lowest BCUT2D eigenvalue weighted by atomic mass is 10.1. The number of carbonyl (C=O) groups excluding carboxylic acids is 1. The van der Waals surface area contributed by atoms with Gasteiger partial charge in [-0.25, -0.2) is 4.98 Å². The van der Waals surface area contributed by atoms with Gasteiger partial charge in [0.1, 0.15) is 22.3 Å². The summed E-state index contributed by atoms with van der Waals surface area (Å²) >= 11 is 1.46. The summed E-state index contributed by atoms with van der Waals surface area (Å²) in [5, 5.41) is 3.95. The smallest absolute Gasteiger partial charge is 0.230 e. The van der Waals surface area contributed by atoms with Crippen LogP contribution in [-0.2, 0) is 4.79 Å². The van der Waals surface area contributed by atoms with Crippen molar-refractivity contribution in [3.8, 4) is 34.1 Å². The molecule has 0 unspecified atom stereocenters. The van der Waals surface area contributed by atoms with E-state index < -0.39 is 0 Å². The first-order chi connectivity index (χ1) is 15.2. The lowest BCUT2D eigenvalue weighted by Gasteiger charge is -2.11. The maximum absolute atomic E-state index is 12.5. The second-order valence-electron chi connectivity index (χ2n) is 7.56. The van der Waals surface area contributed by atoms with Crippen LogP contribution in [0.15, 0.2) is 53.6 Å². The Morgan fingerprint density at radius 2 is 1.58 bits per heavy atom. The average Bonchev–Trinajstić information content (AvgIpc) is 3.48. The number of hydrogen-bond acceptors (Lipinski definition) is 5. The van der Waals surface area contributed by atoms with Crippen LogP contribution in [0.25, 0.3) is 22.6 Å². The topological polar surface area (TPSA) is 76.2 Å². The van der Waals surface area contributed by atoms with Crippen LogP contribution >= 0.6 is 11.8 Å². The number of aromatic amines is 1. The zero-order valence-electron chi connectivity index (χ0n) is 17.8. The van der Waals surface area contributed by atoms with Crippen LogP contribution in [0.3, 0.4) is 0 Å². The number of hydrogen-bond donors (Lipinski definition) is 2. The molecule has 0 saturated heterocycles. The van der Waals surface area contributed by atoms with Crippen LogP contribution in [0, 0.1) is 0 Å². The fraction of sp³-hybridized carbons (Fsp3) is 0.333. The zero-order chi connectivity index (χ0) is 21.6. The number of aromatic nitrogens is 2. The van der Waals surface area contributed by atoms with E-state index >= 15 is 0 Å². The van der Waals surface area contributed by atoms with Gasteiger partial charge >= 0.3 is 0 Å². The van der Waals surface area contributed by atoms with Crippen molar-refractivity contribution in [2.75, 3.05) is 20.0 Å². The maximum Gasteiger partial charge on any atom is 0.230 e. The van der Waals surface area contributed by atoms with E-state index in [2.05, 4.69) is 10.3 Å². The standard InChI is InChI=1S/C24H27N3O3S/c1-29-19-11-7-16(8-12-19)22-24(31-15-21(28)25-18-5-3-4-6-18)27-23(26-22)17-9-13-20(30-2)14-10-17/h7-14,18H,3-6,15H2,1-2H3,(H,25,28)(H,26,27). The number of nitrogens with zero attached hydrogens (tertiary/aromatic N) is 1. The second kappa shape index (κ2) is 9.92. The first-order valence-electron chi connectivity index (χ1n) is 10.5. The minimum Gasteiger partial charge on any atom is -0.497 e. The molecule has 0 radical (unpaired) electrons. The minimum absolute atomic E-state index is 0.0616. The van der Waals surface area contributed by atoms with Gasteiger partial charge in [0, 0.05) is 17.2 Å². The van der Waals surface area contributed by atoms with Gasteiger partial charge in [-0.3, -0.25) is 4.79 Å². The van der Waals surface area contributed by atoms with Crippen LogP contribution < -0.4 is 14.8 Å². The first-order valence-corrected chi connectivity index (χ1v) is 11.5. The third kappa shape index (κ3) is 5.22. The van der Waals surface area contributed by atoms with Gasteiger partial charge in [-0.15, -0.1) is 0 Å². The highest BCUT2D eigenvalue weighted by Gasteiger charge is 2.19. The average molecular weight is 438 g/mol. The van der Waals surface area contributed by atoms with E-state index in [1.165, 1.54) is 24.6 Å². The van der Waals surface area contributed by atoms with E-state index in [0.29, 0.717) is 11.8 Å².